The van der Waals surface area contributed by atoms with Gasteiger partial charge in [0.2, 0.25) is 0 Å². The summed E-state index contributed by atoms with van der Waals surface area (Å²) in [6.45, 7) is 0. The van der Waals surface area contributed by atoms with Crippen molar-refractivity contribution >= 4 is 18.7 Å². The Morgan fingerprint density at radius 1 is 1.30 bits per heavy atom. The average molecular weight is 192 g/mol. The van der Waals surface area contributed by atoms with Gasteiger partial charge in [-0.25, -0.2) is 0 Å². The number of fused-ring (bicyclic) bond motifs is 1. The molecule has 0 amide bonds. The average Bonchev–Trinajstić information content (AvgIpc) is 2.34. The third-order valence-corrected chi connectivity index (χ3v) is 7.30. The minimum absolute atomic E-state index is 0.697. The van der Waals surface area contributed by atoms with Gasteiger partial charge in [0, 0.05) is 0 Å². The van der Waals surface area contributed by atoms with Crippen LogP contribution in [0.2, 0.25) is 11.0 Å². The van der Waals surface area contributed by atoms with E-state index in [1.54, 1.807) is 9.96 Å². The second-order valence-electron chi connectivity index (χ2n) is 2.94. The standard InChI is InChI=1S/C9H11Ge/c1-10-7-6-8-4-2-3-5-9(8)10/h2-5H,6-7H2,1H3. The van der Waals surface area contributed by atoms with Crippen LogP contribution in [0.4, 0.5) is 0 Å². The van der Waals surface area contributed by atoms with Crippen LogP contribution in [0, 0.1) is 0 Å². The molecule has 0 unspecified atom stereocenters. The van der Waals surface area contributed by atoms with Crippen molar-refractivity contribution < 1.29 is 0 Å². The quantitative estimate of drug-likeness (QED) is 0.547. The van der Waals surface area contributed by atoms with Gasteiger partial charge in [0.15, 0.2) is 0 Å². The topological polar surface area (TPSA) is 0 Å². The Morgan fingerprint density at radius 2 is 2.10 bits per heavy atom. The summed E-state index contributed by atoms with van der Waals surface area (Å²) in [6, 6.07) is 8.97. The van der Waals surface area contributed by atoms with Crippen molar-refractivity contribution in [1.82, 2.24) is 0 Å². The summed E-state index contributed by atoms with van der Waals surface area (Å²) in [5.41, 5.74) is 1.64. The molecule has 0 bridgehead atoms. The summed E-state index contributed by atoms with van der Waals surface area (Å²) in [6.07, 6.45) is 1.36. The van der Waals surface area contributed by atoms with Crippen molar-refractivity contribution in [3.8, 4) is 0 Å². The van der Waals surface area contributed by atoms with E-state index in [1.165, 1.54) is 11.7 Å². The molecule has 0 saturated carbocycles. The first kappa shape index (κ1) is 6.47. The second-order valence-corrected chi connectivity index (χ2v) is 8.39. The first-order valence-corrected chi connectivity index (χ1v) is 8.42. The van der Waals surface area contributed by atoms with Gasteiger partial charge in [-0.3, -0.25) is 0 Å². The molecule has 1 aliphatic rings. The fourth-order valence-electron chi connectivity index (χ4n) is 1.61. The monoisotopic (exact) mass is 193 g/mol. The fraction of sp³-hybridized carbons (Fsp3) is 0.333. The predicted octanol–water partition coefficient (Wildman–Crippen LogP) is 1.57. The van der Waals surface area contributed by atoms with Crippen LogP contribution in [0.3, 0.4) is 0 Å². The summed E-state index contributed by atoms with van der Waals surface area (Å²) >= 11 is -0.697. The number of hydrogen-bond acceptors (Lipinski definition) is 0. The van der Waals surface area contributed by atoms with Crippen LogP contribution >= 0.6 is 0 Å². The summed E-state index contributed by atoms with van der Waals surface area (Å²) in [7, 11) is 0. The van der Waals surface area contributed by atoms with Gasteiger partial charge in [0.05, 0.1) is 0 Å². The fourth-order valence-corrected chi connectivity index (χ4v) is 5.91. The Bertz CT molecular complexity index is 242. The van der Waals surface area contributed by atoms with E-state index in [0.717, 1.165) is 0 Å². The summed E-state index contributed by atoms with van der Waals surface area (Å²) in [5.74, 6) is 2.48. The van der Waals surface area contributed by atoms with Crippen molar-refractivity contribution in [2.24, 2.45) is 0 Å². The van der Waals surface area contributed by atoms with Crippen LogP contribution < -0.4 is 4.40 Å². The molecule has 0 aliphatic carbocycles. The van der Waals surface area contributed by atoms with Gasteiger partial charge in [-0.1, -0.05) is 0 Å². The molecule has 1 heterocycles. The molecule has 1 radical (unpaired) electrons. The molecule has 0 atom stereocenters. The molecule has 0 nitrogen and oxygen atoms in total. The Kier molecular flexibility index (Phi) is 1.57. The second kappa shape index (κ2) is 2.42. The molecule has 1 aliphatic heterocycles. The van der Waals surface area contributed by atoms with Crippen molar-refractivity contribution in [3.63, 3.8) is 0 Å². The van der Waals surface area contributed by atoms with Crippen LogP contribution in [0.1, 0.15) is 5.56 Å². The minimum atomic E-state index is -0.697. The first-order valence-electron chi connectivity index (χ1n) is 3.78. The van der Waals surface area contributed by atoms with Gasteiger partial charge >= 0.3 is 66.0 Å². The molecule has 0 aromatic heterocycles. The summed E-state index contributed by atoms with van der Waals surface area (Å²) < 4.78 is 1.74. The molecule has 1 heteroatoms. The van der Waals surface area contributed by atoms with E-state index in [2.05, 4.69) is 30.0 Å². The van der Waals surface area contributed by atoms with Crippen molar-refractivity contribution in [2.45, 2.75) is 17.4 Å². The van der Waals surface area contributed by atoms with Crippen LogP contribution in [-0.2, 0) is 6.42 Å². The molecule has 0 saturated heterocycles. The third kappa shape index (κ3) is 0.909. The molecule has 51 valence electrons. The normalized spacial score (nSPS) is 17.3. The predicted molar refractivity (Wildman–Crippen MR) is 46.2 cm³/mol. The molecule has 0 fully saturated rings. The molecular formula is C9H11Ge. The molecule has 0 spiro atoms. The first-order chi connectivity index (χ1) is 4.88. The van der Waals surface area contributed by atoms with E-state index in [1.807, 2.05) is 0 Å². The van der Waals surface area contributed by atoms with E-state index in [0.29, 0.717) is 0 Å². The molecule has 1 aromatic rings. The van der Waals surface area contributed by atoms with E-state index in [4.69, 9.17) is 0 Å². The summed E-state index contributed by atoms with van der Waals surface area (Å²) in [5, 5.41) is 1.51. The number of aryl methyl sites for hydroxylation is 1. The van der Waals surface area contributed by atoms with E-state index in [9.17, 15) is 0 Å². The number of benzene rings is 1. The molecular weight excluding hydrogens is 181 g/mol. The van der Waals surface area contributed by atoms with E-state index >= 15 is 0 Å². The Balaban J connectivity index is 2.51. The SMILES string of the molecule is [CH3][Ge]1[CH2]Cc2cccc[c]21. The zero-order chi connectivity index (χ0) is 6.97. The van der Waals surface area contributed by atoms with Gasteiger partial charge in [0.1, 0.15) is 0 Å². The van der Waals surface area contributed by atoms with E-state index < -0.39 is 14.3 Å². The maximum atomic E-state index is 2.48. The van der Waals surface area contributed by atoms with Crippen molar-refractivity contribution in [2.75, 3.05) is 0 Å². The van der Waals surface area contributed by atoms with Crippen LogP contribution in [0.5, 0.6) is 0 Å². The molecule has 2 rings (SSSR count). The Hall–Kier alpha value is -0.237. The summed E-state index contributed by atoms with van der Waals surface area (Å²) in [4.78, 5) is 0. The van der Waals surface area contributed by atoms with Crippen molar-refractivity contribution in [3.05, 3.63) is 29.8 Å². The zero-order valence-electron chi connectivity index (χ0n) is 6.22. The van der Waals surface area contributed by atoms with Gasteiger partial charge in [-0.15, -0.1) is 0 Å². The zero-order valence-corrected chi connectivity index (χ0v) is 8.32. The molecule has 10 heavy (non-hydrogen) atoms. The van der Waals surface area contributed by atoms with Crippen LogP contribution in [0.15, 0.2) is 24.3 Å². The Morgan fingerprint density at radius 3 is 2.90 bits per heavy atom. The number of rotatable bonds is 0. The molecule has 1 aromatic carbocycles. The third-order valence-electron chi connectivity index (χ3n) is 2.25. The van der Waals surface area contributed by atoms with Crippen molar-refractivity contribution in [1.29, 1.82) is 0 Å². The van der Waals surface area contributed by atoms with E-state index in [-0.39, 0.29) is 0 Å². The Labute approximate surface area is 66.4 Å². The van der Waals surface area contributed by atoms with Gasteiger partial charge < -0.3 is 0 Å². The maximum absolute atomic E-state index is 2.48. The molecule has 0 N–H and O–H groups in total. The van der Waals surface area contributed by atoms with Crippen LogP contribution in [-0.4, -0.2) is 14.3 Å². The van der Waals surface area contributed by atoms with Gasteiger partial charge in [-0.05, 0) is 0 Å². The van der Waals surface area contributed by atoms with Gasteiger partial charge in [0.25, 0.3) is 0 Å². The van der Waals surface area contributed by atoms with Gasteiger partial charge in [-0.2, -0.15) is 0 Å². The number of hydrogen-bond donors (Lipinski definition) is 0. The van der Waals surface area contributed by atoms with Crippen LogP contribution in [0.25, 0.3) is 0 Å².